The van der Waals surface area contributed by atoms with Crippen LogP contribution < -0.4 is 4.74 Å². The average Bonchev–Trinajstić information content (AvgIpc) is 3.17. The third-order valence-electron chi connectivity index (χ3n) is 6.85. The van der Waals surface area contributed by atoms with Crippen molar-refractivity contribution in [1.29, 1.82) is 0 Å². The highest BCUT2D eigenvalue weighted by molar-refractivity contribution is 7.89. The minimum absolute atomic E-state index is 0.108. The lowest BCUT2D eigenvalue weighted by atomic mass is 9.68. The molecule has 2 aliphatic rings. The molecule has 2 aromatic rings. The largest absolute Gasteiger partial charge is 0.497 e. The molecule has 9 heteroatoms. The standard InChI is InChI=1S/C23H31N3O5S/c1-17-21(18(2)31-24-17)32(28,29)26-15-13-25(14-16-26)22(27)23(11-5-4-6-12-23)19-7-9-20(30-3)10-8-19/h7-10H,4-6,11-16H2,1-3H3. The summed E-state index contributed by atoms with van der Waals surface area (Å²) in [5.74, 6) is 1.17. The van der Waals surface area contributed by atoms with E-state index in [1.54, 1.807) is 21.0 Å². The van der Waals surface area contributed by atoms with E-state index in [1.807, 2.05) is 29.2 Å². The highest BCUT2D eigenvalue weighted by atomic mass is 32.2. The van der Waals surface area contributed by atoms with E-state index in [2.05, 4.69) is 5.16 Å². The molecule has 1 saturated carbocycles. The van der Waals surface area contributed by atoms with Crippen LogP contribution in [0.5, 0.6) is 5.75 Å². The maximum absolute atomic E-state index is 13.8. The molecule has 4 rings (SSSR count). The predicted molar refractivity (Wildman–Crippen MR) is 119 cm³/mol. The van der Waals surface area contributed by atoms with Gasteiger partial charge in [-0.2, -0.15) is 4.31 Å². The van der Waals surface area contributed by atoms with Gasteiger partial charge in [-0.1, -0.05) is 36.6 Å². The van der Waals surface area contributed by atoms with E-state index in [9.17, 15) is 13.2 Å². The lowest BCUT2D eigenvalue weighted by Crippen LogP contribution is -2.56. The number of amides is 1. The van der Waals surface area contributed by atoms with Crippen molar-refractivity contribution in [3.05, 3.63) is 41.3 Å². The van der Waals surface area contributed by atoms with Gasteiger partial charge < -0.3 is 14.2 Å². The molecule has 1 aromatic carbocycles. The number of sulfonamides is 1. The number of carbonyl (C=O) groups is 1. The highest BCUT2D eigenvalue weighted by Gasteiger charge is 2.45. The molecule has 1 aromatic heterocycles. The molecule has 32 heavy (non-hydrogen) atoms. The van der Waals surface area contributed by atoms with E-state index in [-0.39, 0.29) is 23.9 Å². The number of carbonyl (C=O) groups excluding carboxylic acids is 1. The van der Waals surface area contributed by atoms with Gasteiger partial charge >= 0.3 is 0 Å². The quantitative estimate of drug-likeness (QED) is 0.680. The number of aryl methyl sites for hydroxylation is 2. The predicted octanol–water partition coefficient (Wildman–Crippen LogP) is 3.04. The number of nitrogens with zero attached hydrogens (tertiary/aromatic N) is 3. The number of methoxy groups -OCH3 is 1. The normalized spacial score (nSPS) is 19.7. The number of aromatic nitrogens is 1. The van der Waals surface area contributed by atoms with Crippen molar-refractivity contribution in [2.45, 2.75) is 56.3 Å². The molecule has 8 nitrogen and oxygen atoms in total. The summed E-state index contributed by atoms with van der Waals surface area (Å²) in [6.07, 6.45) is 4.79. The van der Waals surface area contributed by atoms with Gasteiger partial charge in [0, 0.05) is 26.2 Å². The van der Waals surface area contributed by atoms with E-state index >= 15 is 0 Å². The van der Waals surface area contributed by atoms with E-state index in [0.29, 0.717) is 24.5 Å². The average molecular weight is 462 g/mol. The van der Waals surface area contributed by atoms with Gasteiger partial charge in [0.1, 0.15) is 16.3 Å². The molecule has 2 heterocycles. The Bertz CT molecular complexity index is 1040. The fraction of sp³-hybridized carbons (Fsp3) is 0.565. The van der Waals surface area contributed by atoms with Gasteiger partial charge in [0.15, 0.2) is 5.76 Å². The molecule has 0 N–H and O–H groups in total. The summed E-state index contributed by atoms with van der Waals surface area (Å²) in [4.78, 5) is 15.8. The highest BCUT2D eigenvalue weighted by Crippen LogP contribution is 2.42. The first kappa shape index (κ1) is 22.8. The first-order valence-corrected chi connectivity index (χ1v) is 12.6. The Labute approximate surface area is 189 Å². The van der Waals surface area contributed by atoms with Crippen LogP contribution in [0.2, 0.25) is 0 Å². The second-order valence-electron chi connectivity index (χ2n) is 8.72. The number of benzene rings is 1. The van der Waals surface area contributed by atoms with Crippen molar-refractivity contribution >= 4 is 15.9 Å². The molecule has 1 aliphatic carbocycles. The zero-order chi connectivity index (χ0) is 22.9. The SMILES string of the molecule is COc1ccc(C2(C(=O)N3CCN(S(=O)(=O)c4c(C)noc4C)CC3)CCCCC2)cc1. The maximum atomic E-state index is 13.8. The molecule has 0 unspecified atom stereocenters. The minimum Gasteiger partial charge on any atom is -0.497 e. The van der Waals surface area contributed by atoms with Crippen molar-refractivity contribution in [1.82, 2.24) is 14.4 Å². The Balaban J connectivity index is 1.53. The second-order valence-corrected chi connectivity index (χ2v) is 10.6. The summed E-state index contributed by atoms with van der Waals surface area (Å²) in [6, 6.07) is 7.82. The molecule has 174 valence electrons. The lowest BCUT2D eigenvalue weighted by molar-refractivity contribution is -0.140. The van der Waals surface area contributed by atoms with Crippen LogP contribution in [0.15, 0.2) is 33.7 Å². The molecule has 0 bridgehead atoms. The summed E-state index contributed by atoms with van der Waals surface area (Å²) in [5.41, 5.74) is 0.836. The second kappa shape index (κ2) is 8.86. The molecular formula is C23H31N3O5S. The third-order valence-corrected chi connectivity index (χ3v) is 8.99. The summed E-state index contributed by atoms with van der Waals surface area (Å²) >= 11 is 0. The van der Waals surface area contributed by atoms with Crippen molar-refractivity contribution in [3.63, 3.8) is 0 Å². The molecule has 1 saturated heterocycles. The van der Waals surface area contributed by atoms with Gasteiger partial charge in [-0.25, -0.2) is 8.42 Å². The van der Waals surface area contributed by atoms with Gasteiger partial charge in [-0.3, -0.25) is 4.79 Å². The molecule has 1 amide bonds. The number of rotatable bonds is 5. The van der Waals surface area contributed by atoms with E-state index in [1.165, 1.54) is 4.31 Å². The van der Waals surface area contributed by atoms with E-state index in [4.69, 9.17) is 9.26 Å². The van der Waals surface area contributed by atoms with Crippen LogP contribution in [0.4, 0.5) is 0 Å². The summed E-state index contributed by atoms with van der Waals surface area (Å²) in [6.45, 7) is 4.51. The Morgan fingerprint density at radius 1 is 1.03 bits per heavy atom. The first-order valence-electron chi connectivity index (χ1n) is 11.2. The Morgan fingerprint density at radius 3 is 2.19 bits per heavy atom. The Morgan fingerprint density at radius 2 is 1.66 bits per heavy atom. The number of piperazine rings is 1. The molecule has 0 spiro atoms. The molecular weight excluding hydrogens is 430 g/mol. The first-order chi connectivity index (χ1) is 15.3. The summed E-state index contributed by atoms with van der Waals surface area (Å²) < 4.78 is 38.0. The molecule has 1 aliphatic heterocycles. The smallest absolute Gasteiger partial charge is 0.248 e. The van der Waals surface area contributed by atoms with Crippen molar-refractivity contribution < 1.29 is 22.5 Å². The van der Waals surface area contributed by atoms with Gasteiger partial charge in [-0.15, -0.1) is 0 Å². The Hall–Kier alpha value is -2.39. The van der Waals surface area contributed by atoms with Gasteiger partial charge in [0.25, 0.3) is 0 Å². The number of hydrogen-bond donors (Lipinski definition) is 0. The molecule has 2 fully saturated rings. The lowest BCUT2D eigenvalue weighted by Gasteiger charge is -2.43. The van der Waals surface area contributed by atoms with Crippen LogP contribution in [0.25, 0.3) is 0 Å². The van der Waals surface area contributed by atoms with Crippen molar-refractivity contribution in [2.75, 3.05) is 33.3 Å². The summed E-state index contributed by atoms with van der Waals surface area (Å²) in [5, 5.41) is 3.78. The fourth-order valence-electron chi connectivity index (χ4n) is 5.10. The zero-order valence-corrected chi connectivity index (χ0v) is 19.8. The van der Waals surface area contributed by atoms with Gasteiger partial charge in [0.05, 0.1) is 12.5 Å². The van der Waals surface area contributed by atoms with Crippen LogP contribution in [0.3, 0.4) is 0 Å². The van der Waals surface area contributed by atoms with Crippen LogP contribution >= 0.6 is 0 Å². The number of hydrogen-bond acceptors (Lipinski definition) is 6. The monoisotopic (exact) mass is 461 g/mol. The van der Waals surface area contributed by atoms with Gasteiger partial charge in [0.2, 0.25) is 15.9 Å². The van der Waals surface area contributed by atoms with E-state index < -0.39 is 15.4 Å². The van der Waals surface area contributed by atoms with Crippen LogP contribution in [0, 0.1) is 13.8 Å². The maximum Gasteiger partial charge on any atom is 0.248 e. The van der Waals surface area contributed by atoms with Crippen molar-refractivity contribution in [3.8, 4) is 5.75 Å². The number of ether oxygens (including phenoxy) is 1. The summed E-state index contributed by atoms with van der Waals surface area (Å²) in [7, 11) is -2.07. The van der Waals surface area contributed by atoms with Crippen LogP contribution in [0.1, 0.15) is 49.1 Å². The van der Waals surface area contributed by atoms with Crippen LogP contribution in [-0.4, -0.2) is 62.0 Å². The minimum atomic E-state index is -3.70. The third kappa shape index (κ3) is 3.92. The van der Waals surface area contributed by atoms with E-state index in [0.717, 1.165) is 43.4 Å². The molecule has 0 radical (unpaired) electrons. The fourth-order valence-corrected chi connectivity index (χ4v) is 6.81. The zero-order valence-electron chi connectivity index (χ0n) is 19.0. The topological polar surface area (TPSA) is 93.0 Å². The van der Waals surface area contributed by atoms with Gasteiger partial charge in [-0.05, 0) is 44.4 Å². The van der Waals surface area contributed by atoms with Crippen LogP contribution in [-0.2, 0) is 20.2 Å². The Kier molecular flexibility index (Phi) is 6.31. The molecule has 0 atom stereocenters. The van der Waals surface area contributed by atoms with Crippen molar-refractivity contribution in [2.24, 2.45) is 0 Å².